The van der Waals surface area contributed by atoms with Gasteiger partial charge in [0.15, 0.2) is 0 Å². The standard InChI is InChI=1S/2C6H13NO/c2*8-5-6-1-3-7-4-2-6/h2*6-8H,1-5H2. The van der Waals surface area contributed by atoms with Gasteiger partial charge in [0.25, 0.3) is 0 Å². The summed E-state index contributed by atoms with van der Waals surface area (Å²) >= 11 is 0. The van der Waals surface area contributed by atoms with Crippen LogP contribution in [0.1, 0.15) is 25.7 Å². The third kappa shape index (κ3) is 5.80. The third-order valence-electron chi connectivity index (χ3n) is 3.43. The summed E-state index contributed by atoms with van der Waals surface area (Å²) < 4.78 is 0. The summed E-state index contributed by atoms with van der Waals surface area (Å²) in [5.41, 5.74) is 0. The molecule has 0 saturated carbocycles. The van der Waals surface area contributed by atoms with Crippen LogP contribution in [0.3, 0.4) is 0 Å². The molecule has 4 N–H and O–H groups in total. The van der Waals surface area contributed by atoms with Gasteiger partial charge in [0.05, 0.1) is 0 Å². The lowest BCUT2D eigenvalue weighted by Gasteiger charge is -2.19. The predicted molar refractivity (Wildman–Crippen MR) is 65.4 cm³/mol. The van der Waals surface area contributed by atoms with Crippen LogP contribution in [0.2, 0.25) is 0 Å². The molecule has 0 atom stereocenters. The van der Waals surface area contributed by atoms with Crippen LogP contribution in [-0.4, -0.2) is 49.6 Å². The van der Waals surface area contributed by atoms with Gasteiger partial charge in [0.1, 0.15) is 0 Å². The third-order valence-corrected chi connectivity index (χ3v) is 3.43. The molecule has 0 aliphatic carbocycles. The summed E-state index contributed by atoms with van der Waals surface area (Å²) in [6.07, 6.45) is 4.60. The molecule has 2 aliphatic rings. The van der Waals surface area contributed by atoms with Crippen LogP contribution >= 0.6 is 0 Å². The van der Waals surface area contributed by atoms with Crippen LogP contribution < -0.4 is 10.6 Å². The van der Waals surface area contributed by atoms with Gasteiger partial charge in [0.2, 0.25) is 0 Å². The van der Waals surface area contributed by atoms with Crippen molar-refractivity contribution >= 4 is 0 Å². The highest BCUT2D eigenvalue weighted by Crippen LogP contribution is 2.09. The quantitative estimate of drug-likeness (QED) is 0.537. The van der Waals surface area contributed by atoms with Crippen LogP contribution in [0.5, 0.6) is 0 Å². The molecule has 4 heteroatoms. The van der Waals surface area contributed by atoms with E-state index in [0.717, 1.165) is 51.9 Å². The largest absolute Gasteiger partial charge is 0.396 e. The number of piperidine rings is 2. The van der Waals surface area contributed by atoms with Crippen molar-refractivity contribution in [1.82, 2.24) is 10.6 Å². The SMILES string of the molecule is OCC1CCNCC1.OCC1CCNCC1. The Morgan fingerprint density at radius 3 is 1.19 bits per heavy atom. The Labute approximate surface area is 98.4 Å². The molecule has 0 spiro atoms. The van der Waals surface area contributed by atoms with Gasteiger partial charge in [-0.05, 0) is 63.7 Å². The van der Waals surface area contributed by atoms with Gasteiger partial charge in [-0.2, -0.15) is 0 Å². The lowest BCUT2D eigenvalue weighted by Crippen LogP contribution is -2.29. The van der Waals surface area contributed by atoms with Gasteiger partial charge in [0, 0.05) is 13.2 Å². The molecule has 96 valence electrons. The molecule has 2 rings (SSSR count). The van der Waals surface area contributed by atoms with E-state index in [1.807, 2.05) is 0 Å². The Balaban J connectivity index is 0.000000160. The maximum atomic E-state index is 8.66. The average molecular weight is 230 g/mol. The Morgan fingerprint density at radius 2 is 1.00 bits per heavy atom. The molecule has 0 unspecified atom stereocenters. The molecule has 0 aromatic carbocycles. The zero-order valence-electron chi connectivity index (χ0n) is 10.1. The van der Waals surface area contributed by atoms with Crippen molar-refractivity contribution in [2.24, 2.45) is 11.8 Å². The minimum Gasteiger partial charge on any atom is -0.396 e. The van der Waals surface area contributed by atoms with E-state index in [9.17, 15) is 0 Å². The summed E-state index contributed by atoms with van der Waals surface area (Å²) in [6.45, 7) is 5.11. The summed E-state index contributed by atoms with van der Waals surface area (Å²) in [5.74, 6) is 1.16. The molecule has 0 amide bonds. The molecule has 4 nitrogen and oxygen atoms in total. The zero-order chi connectivity index (χ0) is 11.6. The summed E-state index contributed by atoms with van der Waals surface area (Å²) in [5, 5.41) is 23.8. The highest BCUT2D eigenvalue weighted by atomic mass is 16.3. The normalized spacial score (nSPS) is 23.6. The van der Waals surface area contributed by atoms with Crippen LogP contribution in [0.15, 0.2) is 0 Å². The van der Waals surface area contributed by atoms with Gasteiger partial charge in [-0.15, -0.1) is 0 Å². The topological polar surface area (TPSA) is 64.5 Å². The number of aliphatic hydroxyl groups excluding tert-OH is 2. The number of rotatable bonds is 2. The lowest BCUT2D eigenvalue weighted by molar-refractivity contribution is 0.196. The first-order chi connectivity index (χ1) is 7.86. The first-order valence-electron chi connectivity index (χ1n) is 6.50. The van der Waals surface area contributed by atoms with Crippen molar-refractivity contribution in [2.75, 3.05) is 39.4 Å². The van der Waals surface area contributed by atoms with Gasteiger partial charge < -0.3 is 20.8 Å². The van der Waals surface area contributed by atoms with Crippen molar-refractivity contribution in [1.29, 1.82) is 0 Å². The fraction of sp³-hybridized carbons (Fsp3) is 1.00. The summed E-state index contributed by atoms with van der Waals surface area (Å²) in [4.78, 5) is 0. The smallest absolute Gasteiger partial charge is 0.0460 e. The maximum absolute atomic E-state index is 8.66. The molecule has 0 bridgehead atoms. The van der Waals surface area contributed by atoms with Crippen molar-refractivity contribution in [3.63, 3.8) is 0 Å². The van der Waals surface area contributed by atoms with E-state index in [0.29, 0.717) is 25.0 Å². The van der Waals surface area contributed by atoms with E-state index < -0.39 is 0 Å². The van der Waals surface area contributed by atoms with Crippen LogP contribution in [-0.2, 0) is 0 Å². The Hall–Kier alpha value is -0.160. The molecule has 0 aromatic heterocycles. The first-order valence-corrected chi connectivity index (χ1v) is 6.50. The van der Waals surface area contributed by atoms with Crippen LogP contribution in [0.25, 0.3) is 0 Å². The number of hydrogen-bond acceptors (Lipinski definition) is 4. The van der Waals surface area contributed by atoms with Crippen LogP contribution in [0, 0.1) is 11.8 Å². The van der Waals surface area contributed by atoms with E-state index in [4.69, 9.17) is 10.2 Å². The maximum Gasteiger partial charge on any atom is 0.0460 e. The van der Waals surface area contributed by atoms with Crippen LogP contribution in [0.4, 0.5) is 0 Å². The highest BCUT2D eigenvalue weighted by molar-refractivity contribution is 4.67. The first kappa shape index (κ1) is 13.9. The molecule has 2 aliphatic heterocycles. The molecule has 2 fully saturated rings. The van der Waals surface area contributed by atoms with E-state index in [-0.39, 0.29) is 0 Å². The minimum absolute atomic E-state index is 0.377. The molecule has 0 aromatic rings. The fourth-order valence-corrected chi connectivity index (χ4v) is 2.13. The van der Waals surface area contributed by atoms with E-state index >= 15 is 0 Å². The van der Waals surface area contributed by atoms with Gasteiger partial charge in [-0.3, -0.25) is 0 Å². The number of hydrogen-bond donors (Lipinski definition) is 4. The molecule has 0 radical (unpaired) electrons. The van der Waals surface area contributed by atoms with E-state index in [2.05, 4.69) is 10.6 Å². The molecule has 2 heterocycles. The summed E-state index contributed by atoms with van der Waals surface area (Å²) in [6, 6.07) is 0. The van der Waals surface area contributed by atoms with Gasteiger partial charge in [-0.1, -0.05) is 0 Å². The van der Waals surface area contributed by atoms with Gasteiger partial charge in [-0.25, -0.2) is 0 Å². The second-order valence-corrected chi connectivity index (χ2v) is 4.75. The monoisotopic (exact) mass is 230 g/mol. The van der Waals surface area contributed by atoms with Crippen molar-refractivity contribution in [3.05, 3.63) is 0 Å². The predicted octanol–water partition coefficient (Wildman–Crippen LogP) is -0.0434. The Morgan fingerprint density at radius 1 is 0.688 bits per heavy atom. The van der Waals surface area contributed by atoms with Gasteiger partial charge >= 0.3 is 0 Å². The Bertz CT molecular complexity index is 137. The number of nitrogens with one attached hydrogen (secondary N) is 2. The zero-order valence-corrected chi connectivity index (χ0v) is 10.1. The number of aliphatic hydroxyl groups is 2. The minimum atomic E-state index is 0.377. The van der Waals surface area contributed by atoms with Crippen molar-refractivity contribution in [3.8, 4) is 0 Å². The summed E-state index contributed by atoms with van der Waals surface area (Å²) in [7, 11) is 0. The van der Waals surface area contributed by atoms with Crippen molar-refractivity contribution in [2.45, 2.75) is 25.7 Å². The second-order valence-electron chi connectivity index (χ2n) is 4.75. The van der Waals surface area contributed by atoms with Crippen molar-refractivity contribution < 1.29 is 10.2 Å². The van der Waals surface area contributed by atoms with E-state index in [1.54, 1.807) is 0 Å². The average Bonchev–Trinajstić information content (AvgIpc) is 2.41. The molecular formula is C12H26N2O2. The molecule has 2 saturated heterocycles. The molecular weight excluding hydrogens is 204 g/mol. The Kier molecular flexibility index (Phi) is 7.76. The van der Waals surface area contributed by atoms with E-state index in [1.165, 1.54) is 0 Å². The highest BCUT2D eigenvalue weighted by Gasteiger charge is 2.10. The molecule has 16 heavy (non-hydrogen) atoms. The lowest BCUT2D eigenvalue weighted by atomic mass is 10.00. The second kappa shape index (κ2) is 8.93. The fourth-order valence-electron chi connectivity index (χ4n) is 2.13.